The number of amides is 1. The second-order valence-electron chi connectivity index (χ2n) is 7.60. The Morgan fingerprint density at radius 1 is 1.09 bits per heavy atom. The van der Waals surface area contributed by atoms with Gasteiger partial charge in [-0.2, -0.15) is 0 Å². The maximum atomic E-state index is 13.0. The lowest BCUT2D eigenvalue weighted by molar-refractivity contribution is -0.140. The minimum Gasteiger partial charge on any atom is -0.507 e. The van der Waals surface area contributed by atoms with Gasteiger partial charge in [-0.25, -0.2) is 0 Å². The maximum Gasteiger partial charge on any atom is 0.295 e. The van der Waals surface area contributed by atoms with Crippen molar-refractivity contribution in [2.24, 2.45) is 0 Å². The first-order valence-corrected chi connectivity index (χ1v) is 11.2. The Morgan fingerprint density at radius 3 is 2.30 bits per heavy atom. The van der Waals surface area contributed by atoms with Gasteiger partial charge in [-0.3, -0.25) is 9.59 Å². The molecule has 1 amide bonds. The van der Waals surface area contributed by atoms with Gasteiger partial charge < -0.3 is 24.4 Å². The van der Waals surface area contributed by atoms with Crippen LogP contribution >= 0.6 is 11.6 Å². The van der Waals surface area contributed by atoms with Crippen molar-refractivity contribution < 1.29 is 24.2 Å². The molecule has 176 valence electrons. The van der Waals surface area contributed by atoms with Crippen LogP contribution in [-0.4, -0.2) is 62.2 Å². The van der Waals surface area contributed by atoms with E-state index in [1.54, 1.807) is 12.1 Å². The highest BCUT2D eigenvalue weighted by Crippen LogP contribution is 2.40. The largest absolute Gasteiger partial charge is 0.507 e. The van der Waals surface area contributed by atoms with Crippen LogP contribution in [0.5, 0.6) is 5.75 Å². The molecule has 1 fully saturated rings. The van der Waals surface area contributed by atoms with Crippen LogP contribution in [0, 0.1) is 0 Å². The van der Waals surface area contributed by atoms with Crippen molar-refractivity contribution in [2.45, 2.75) is 19.9 Å². The number of carbonyl (C=O) groups excluding carboxylic acids is 2. The summed E-state index contributed by atoms with van der Waals surface area (Å²) in [5.74, 6) is -1.26. The number of hydrogen-bond donors (Lipinski definition) is 1. The van der Waals surface area contributed by atoms with Crippen LogP contribution in [0.15, 0.2) is 48.0 Å². The van der Waals surface area contributed by atoms with Crippen LogP contribution in [-0.2, 0) is 14.3 Å². The zero-order valence-corrected chi connectivity index (χ0v) is 20.1. The van der Waals surface area contributed by atoms with Gasteiger partial charge in [-0.15, -0.1) is 0 Å². The summed E-state index contributed by atoms with van der Waals surface area (Å²) in [7, 11) is 3.02. The van der Waals surface area contributed by atoms with E-state index < -0.39 is 17.7 Å². The van der Waals surface area contributed by atoms with Crippen LogP contribution in [0.4, 0.5) is 5.69 Å². The summed E-state index contributed by atoms with van der Waals surface area (Å²) in [5, 5.41) is 11.4. The highest BCUT2D eigenvalue weighted by molar-refractivity contribution is 6.46. The number of rotatable bonds is 9. The smallest absolute Gasteiger partial charge is 0.295 e. The summed E-state index contributed by atoms with van der Waals surface area (Å²) in [6.07, 6.45) is 0. The zero-order valence-electron chi connectivity index (χ0n) is 19.3. The van der Waals surface area contributed by atoms with Crippen LogP contribution in [0.2, 0.25) is 5.02 Å². The number of Topliss-reactive ketones (excluding diaryl/α,β-unsaturated/α-hetero) is 1. The second-order valence-corrected chi connectivity index (χ2v) is 8.01. The minimum atomic E-state index is -0.744. The van der Waals surface area contributed by atoms with Gasteiger partial charge in [0.2, 0.25) is 0 Å². The topological polar surface area (TPSA) is 79.3 Å². The van der Waals surface area contributed by atoms with Gasteiger partial charge in [0, 0.05) is 38.0 Å². The van der Waals surface area contributed by atoms with E-state index in [9.17, 15) is 14.7 Å². The average Bonchev–Trinajstić information content (AvgIpc) is 3.08. The van der Waals surface area contributed by atoms with Crippen molar-refractivity contribution in [3.8, 4) is 5.75 Å². The summed E-state index contributed by atoms with van der Waals surface area (Å²) < 4.78 is 10.3. The van der Waals surface area contributed by atoms with Crippen molar-refractivity contribution >= 4 is 34.7 Å². The Morgan fingerprint density at radius 2 is 1.76 bits per heavy atom. The van der Waals surface area contributed by atoms with E-state index in [4.69, 9.17) is 21.1 Å². The van der Waals surface area contributed by atoms with E-state index in [0.29, 0.717) is 11.3 Å². The van der Waals surface area contributed by atoms with Crippen LogP contribution < -0.4 is 9.64 Å². The molecule has 7 nitrogen and oxygen atoms in total. The Balaban J connectivity index is 2.12. The fourth-order valence-corrected chi connectivity index (χ4v) is 4.33. The Hall–Kier alpha value is -3.03. The van der Waals surface area contributed by atoms with Crippen LogP contribution in [0.1, 0.15) is 31.0 Å². The summed E-state index contributed by atoms with van der Waals surface area (Å²) >= 11 is 6.23. The fourth-order valence-electron chi connectivity index (χ4n) is 4.07. The van der Waals surface area contributed by atoms with Crippen LogP contribution in [0.25, 0.3) is 5.76 Å². The van der Waals surface area contributed by atoms with Crippen LogP contribution in [0.3, 0.4) is 0 Å². The van der Waals surface area contributed by atoms with Gasteiger partial charge in [0.05, 0.1) is 30.4 Å². The van der Waals surface area contributed by atoms with E-state index in [2.05, 4.69) is 18.7 Å². The average molecular weight is 473 g/mol. The molecule has 3 rings (SSSR count). The van der Waals surface area contributed by atoms with Gasteiger partial charge >= 0.3 is 0 Å². The van der Waals surface area contributed by atoms with Gasteiger partial charge in [-0.05, 0) is 49.7 Å². The number of ketones is 1. The Bertz CT molecular complexity index is 1050. The van der Waals surface area contributed by atoms with Crippen molar-refractivity contribution in [3.05, 3.63) is 64.2 Å². The molecule has 0 radical (unpaired) electrons. The van der Waals surface area contributed by atoms with E-state index in [1.807, 2.05) is 24.3 Å². The van der Waals surface area contributed by atoms with E-state index in [-0.39, 0.29) is 29.5 Å². The number of likely N-dealkylation sites (tertiary alicyclic amines) is 1. The van der Waals surface area contributed by atoms with E-state index in [0.717, 1.165) is 24.3 Å². The second kappa shape index (κ2) is 10.7. The molecule has 0 aromatic heterocycles. The number of carbonyl (C=O) groups is 2. The number of methoxy groups -OCH3 is 2. The summed E-state index contributed by atoms with van der Waals surface area (Å²) in [4.78, 5) is 29.6. The van der Waals surface area contributed by atoms with Gasteiger partial charge in [0.25, 0.3) is 11.7 Å². The fraction of sp³-hybridized carbons (Fsp3) is 0.360. The van der Waals surface area contributed by atoms with E-state index >= 15 is 0 Å². The number of aliphatic hydroxyl groups is 1. The number of benzene rings is 2. The SMILES string of the molecule is CCN(CC)c1ccc(C2/C(=C(/O)c3ccc(OC)c(Cl)c3)C(=O)C(=O)N2CCOC)cc1. The molecule has 0 bridgehead atoms. The minimum absolute atomic E-state index is 0.0212. The lowest BCUT2D eigenvalue weighted by Crippen LogP contribution is -2.32. The molecule has 8 heteroatoms. The maximum absolute atomic E-state index is 13.0. The van der Waals surface area contributed by atoms with Gasteiger partial charge in [0.1, 0.15) is 11.5 Å². The highest BCUT2D eigenvalue weighted by Gasteiger charge is 2.45. The van der Waals surface area contributed by atoms with Crippen molar-refractivity contribution in [1.29, 1.82) is 0 Å². The van der Waals surface area contributed by atoms with Gasteiger partial charge in [-0.1, -0.05) is 23.7 Å². The zero-order chi connectivity index (χ0) is 24.1. The molecular formula is C25H29ClN2O5. The molecular weight excluding hydrogens is 444 g/mol. The third-order valence-electron chi connectivity index (χ3n) is 5.84. The number of hydrogen-bond acceptors (Lipinski definition) is 6. The normalized spacial score (nSPS) is 17.5. The van der Waals surface area contributed by atoms with Crippen molar-refractivity contribution in [3.63, 3.8) is 0 Å². The predicted molar refractivity (Wildman–Crippen MR) is 129 cm³/mol. The number of nitrogens with zero attached hydrogens (tertiary/aromatic N) is 2. The Kier molecular flexibility index (Phi) is 8.00. The molecule has 0 aliphatic carbocycles. The predicted octanol–water partition coefficient (Wildman–Crippen LogP) is 4.26. The molecule has 0 saturated carbocycles. The molecule has 0 spiro atoms. The standard InChI is InChI=1S/C25H29ClN2O5/c1-5-27(6-2)18-10-7-16(8-11-18)22-21(24(30)25(31)28(22)13-14-32-3)23(29)17-9-12-20(33-4)19(26)15-17/h7-12,15,22,29H,5-6,13-14H2,1-4H3/b23-21-. The summed E-state index contributed by atoms with van der Waals surface area (Å²) in [6, 6.07) is 11.7. The molecule has 2 aromatic rings. The van der Waals surface area contributed by atoms with Crippen molar-refractivity contribution in [1.82, 2.24) is 4.90 Å². The molecule has 1 aliphatic heterocycles. The van der Waals surface area contributed by atoms with Crippen molar-refractivity contribution in [2.75, 3.05) is 45.4 Å². The molecule has 33 heavy (non-hydrogen) atoms. The first-order chi connectivity index (χ1) is 15.9. The lowest BCUT2D eigenvalue weighted by atomic mass is 9.95. The summed E-state index contributed by atoms with van der Waals surface area (Å²) in [6.45, 7) is 6.36. The molecule has 1 unspecified atom stereocenters. The quantitative estimate of drug-likeness (QED) is 0.333. The van der Waals surface area contributed by atoms with Gasteiger partial charge in [0.15, 0.2) is 0 Å². The summed E-state index contributed by atoms with van der Waals surface area (Å²) in [5.41, 5.74) is 2.12. The number of anilines is 1. The molecule has 1 N–H and O–H groups in total. The highest BCUT2D eigenvalue weighted by atomic mass is 35.5. The Labute approximate surface area is 199 Å². The molecule has 1 heterocycles. The first kappa shape index (κ1) is 24.6. The molecule has 1 aliphatic rings. The molecule has 1 saturated heterocycles. The van der Waals surface area contributed by atoms with E-state index in [1.165, 1.54) is 25.2 Å². The third kappa shape index (κ3) is 4.84. The number of aliphatic hydroxyl groups excluding tert-OH is 1. The number of ether oxygens (including phenoxy) is 2. The first-order valence-electron chi connectivity index (χ1n) is 10.8. The lowest BCUT2D eigenvalue weighted by Gasteiger charge is -2.26. The number of halogens is 1. The monoisotopic (exact) mass is 472 g/mol. The third-order valence-corrected chi connectivity index (χ3v) is 6.13. The molecule has 1 atom stereocenters. The molecule has 2 aromatic carbocycles.